The molecule has 0 aliphatic heterocycles. The van der Waals surface area contributed by atoms with Gasteiger partial charge in [-0.05, 0) is 42.0 Å². The summed E-state index contributed by atoms with van der Waals surface area (Å²) >= 11 is 0. The maximum absolute atomic E-state index is 11.9. The highest BCUT2D eigenvalue weighted by atomic mass is 16.5. The van der Waals surface area contributed by atoms with E-state index in [1.54, 1.807) is 7.11 Å². The van der Waals surface area contributed by atoms with E-state index >= 15 is 0 Å². The third-order valence-corrected chi connectivity index (χ3v) is 3.70. The average Bonchev–Trinajstić information content (AvgIpc) is 3.16. The molecule has 18 heavy (non-hydrogen) atoms. The van der Waals surface area contributed by atoms with Crippen LogP contribution in [0.4, 0.5) is 0 Å². The van der Waals surface area contributed by atoms with Gasteiger partial charge in [0.25, 0.3) is 0 Å². The summed E-state index contributed by atoms with van der Waals surface area (Å²) in [4.78, 5) is 11.9. The van der Waals surface area contributed by atoms with Crippen molar-refractivity contribution in [3.63, 3.8) is 0 Å². The molecular weight excluding hydrogens is 228 g/mol. The Kier molecular flexibility index (Phi) is 2.62. The molecule has 0 amide bonds. The lowest BCUT2D eigenvalue weighted by Crippen LogP contribution is -2.01. The number of carbonyl (C=O) groups excluding carboxylic acids is 1. The number of aliphatic hydroxyl groups excluding tert-OH is 1. The summed E-state index contributed by atoms with van der Waals surface area (Å²) in [6, 6.07) is 5.83. The van der Waals surface area contributed by atoms with Gasteiger partial charge in [-0.2, -0.15) is 0 Å². The molecule has 1 aromatic rings. The van der Waals surface area contributed by atoms with Crippen LogP contribution < -0.4 is 4.74 Å². The number of rotatable bonds is 3. The minimum Gasteiger partial charge on any atom is -0.512 e. The molecule has 2 aliphatic carbocycles. The van der Waals surface area contributed by atoms with E-state index in [2.05, 4.69) is 0 Å². The lowest BCUT2D eigenvalue weighted by Gasteiger charge is -2.11. The smallest absolute Gasteiger partial charge is 0.167 e. The van der Waals surface area contributed by atoms with Gasteiger partial charge in [-0.1, -0.05) is 6.07 Å². The van der Waals surface area contributed by atoms with Crippen molar-refractivity contribution in [1.82, 2.24) is 0 Å². The Morgan fingerprint density at radius 2 is 2.06 bits per heavy atom. The van der Waals surface area contributed by atoms with Gasteiger partial charge in [-0.25, -0.2) is 0 Å². The van der Waals surface area contributed by atoms with Crippen LogP contribution in [0.5, 0.6) is 5.75 Å². The Hall–Kier alpha value is -1.77. The van der Waals surface area contributed by atoms with Crippen molar-refractivity contribution in [3.8, 4) is 5.75 Å². The molecule has 1 saturated carbocycles. The molecular formula is C15H16O3. The lowest BCUT2D eigenvalue weighted by atomic mass is 9.95. The topological polar surface area (TPSA) is 46.5 Å². The predicted octanol–water partition coefficient (Wildman–Crippen LogP) is 3.20. The van der Waals surface area contributed by atoms with Crippen molar-refractivity contribution in [1.29, 1.82) is 0 Å². The van der Waals surface area contributed by atoms with Gasteiger partial charge in [0.1, 0.15) is 11.5 Å². The van der Waals surface area contributed by atoms with E-state index in [1.165, 1.54) is 18.4 Å². The summed E-state index contributed by atoms with van der Waals surface area (Å²) in [6.45, 7) is 0. The zero-order chi connectivity index (χ0) is 12.7. The fourth-order valence-electron chi connectivity index (χ4n) is 2.58. The zero-order valence-electron chi connectivity index (χ0n) is 10.4. The molecule has 0 spiro atoms. The Balaban J connectivity index is 2.13. The van der Waals surface area contributed by atoms with Crippen LogP contribution in [0.2, 0.25) is 0 Å². The summed E-state index contributed by atoms with van der Waals surface area (Å²) in [5.41, 5.74) is 2.56. The molecule has 3 rings (SSSR count). The average molecular weight is 244 g/mol. The first kappa shape index (κ1) is 11.3. The molecule has 0 radical (unpaired) electrons. The number of benzene rings is 1. The van der Waals surface area contributed by atoms with Gasteiger partial charge in [0, 0.05) is 12.8 Å². The fraction of sp³-hybridized carbons (Fsp3) is 0.400. The van der Waals surface area contributed by atoms with E-state index in [0.717, 1.165) is 11.3 Å². The summed E-state index contributed by atoms with van der Waals surface area (Å²) in [5, 5.41) is 9.92. The maximum Gasteiger partial charge on any atom is 0.167 e. The number of allylic oxidation sites excluding steroid dienone is 2. The third kappa shape index (κ3) is 1.80. The SMILES string of the molecule is COc1ccc(C2CC2)c(C2=C(O)CCC2=O)c1. The Labute approximate surface area is 106 Å². The summed E-state index contributed by atoms with van der Waals surface area (Å²) in [6.07, 6.45) is 3.22. The minimum atomic E-state index is 0.0441. The number of ether oxygens (including phenoxy) is 1. The van der Waals surface area contributed by atoms with E-state index in [1.807, 2.05) is 18.2 Å². The van der Waals surface area contributed by atoms with Crippen molar-refractivity contribution in [2.45, 2.75) is 31.6 Å². The van der Waals surface area contributed by atoms with Gasteiger partial charge in [0.15, 0.2) is 5.78 Å². The standard InChI is InChI=1S/C15H16O3/c1-18-10-4-5-11(9-2-3-9)12(8-10)15-13(16)6-7-14(15)17/h4-5,8-9,16H,2-3,6-7H2,1H3. The Morgan fingerprint density at radius 1 is 1.28 bits per heavy atom. The number of methoxy groups -OCH3 is 1. The second-order valence-corrected chi connectivity index (χ2v) is 4.97. The van der Waals surface area contributed by atoms with Gasteiger partial charge in [0.2, 0.25) is 0 Å². The normalized spacial score (nSPS) is 19.5. The molecule has 0 atom stereocenters. The number of aliphatic hydroxyl groups is 1. The highest BCUT2D eigenvalue weighted by Crippen LogP contribution is 2.45. The first-order chi connectivity index (χ1) is 8.70. The largest absolute Gasteiger partial charge is 0.512 e. The molecule has 2 aliphatic rings. The van der Waals surface area contributed by atoms with Crippen LogP contribution in [0.1, 0.15) is 42.7 Å². The van der Waals surface area contributed by atoms with E-state index in [0.29, 0.717) is 24.3 Å². The Morgan fingerprint density at radius 3 is 2.61 bits per heavy atom. The van der Waals surface area contributed by atoms with Crippen molar-refractivity contribution in [2.75, 3.05) is 7.11 Å². The van der Waals surface area contributed by atoms with Crippen LogP contribution in [-0.2, 0) is 4.79 Å². The maximum atomic E-state index is 11.9. The fourth-order valence-corrected chi connectivity index (χ4v) is 2.58. The summed E-state index contributed by atoms with van der Waals surface area (Å²) in [5.74, 6) is 1.55. The molecule has 1 N–H and O–H groups in total. The highest BCUT2D eigenvalue weighted by Gasteiger charge is 2.32. The van der Waals surface area contributed by atoms with Gasteiger partial charge >= 0.3 is 0 Å². The van der Waals surface area contributed by atoms with Crippen molar-refractivity contribution < 1.29 is 14.6 Å². The second kappa shape index (κ2) is 4.16. The molecule has 1 aromatic carbocycles. The zero-order valence-corrected chi connectivity index (χ0v) is 10.4. The van der Waals surface area contributed by atoms with Crippen LogP contribution in [0, 0.1) is 0 Å². The van der Waals surface area contributed by atoms with Gasteiger partial charge in [-0.3, -0.25) is 4.79 Å². The van der Waals surface area contributed by atoms with Crippen LogP contribution in [0.25, 0.3) is 5.57 Å². The quantitative estimate of drug-likeness (QED) is 0.888. The number of hydrogen-bond donors (Lipinski definition) is 1. The monoisotopic (exact) mass is 244 g/mol. The molecule has 3 nitrogen and oxygen atoms in total. The van der Waals surface area contributed by atoms with Crippen LogP contribution in [-0.4, -0.2) is 18.0 Å². The highest BCUT2D eigenvalue weighted by molar-refractivity contribution is 6.23. The van der Waals surface area contributed by atoms with Crippen LogP contribution >= 0.6 is 0 Å². The first-order valence-electron chi connectivity index (χ1n) is 6.34. The number of Topliss-reactive ketones (excluding diaryl/α,β-unsaturated/α-hetero) is 1. The molecule has 0 aromatic heterocycles. The van der Waals surface area contributed by atoms with Gasteiger partial charge in [-0.15, -0.1) is 0 Å². The van der Waals surface area contributed by atoms with E-state index in [4.69, 9.17) is 4.74 Å². The van der Waals surface area contributed by atoms with E-state index < -0.39 is 0 Å². The van der Waals surface area contributed by atoms with Crippen molar-refractivity contribution >= 4 is 11.4 Å². The molecule has 0 bridgehead atoms. The Bertz CT molecular complexity index is 539. The number of carbonyl (C=O) groups is 1. The molecule has 0 saturated heterocycles. The molecule has 0 unspecified atom stereocenters. The summed E-state index contributed by atoms with van der Waals surface area (Å²) < 4.78 is 5.22. The van der Waals surface area contributed by atoms with Gasteiger partial charge < -0.3 is 9.84 Å². The first-order valence-corrected chi connectivity index (χ1v) is 6.34. The van der Waals surface area contributed by atoms with E-state index in [-0.39, 0.29) is 11.5 Å². The molecule has 1 fully saturated rings. The molecule has 0 heterocycles. The van der Waals surface area contributed by atoms with Crippen LogP contribution in [0.15, 0.2) is 24.0 Å². The molecule has 94 valence electrons. The summed E-state index contributed by atoms with van der Waals surface area (Å²) in [7, 11) is 1.61. The third-order valence-electron chi connectivity index (χ3n) is 3.70. The lowest BCUT2D eigenvalue weighted by molar-refractivity contribution is -0.113. The van der Waals surface area contributed by atoms with E-state index in [9.17, 15) is 9.90 Å². The number of ketones is 1. The predicted molar refractivity (Wildman–Crippen MR) is 68.8 cm³/mol. The van der Waals surface area contributed by atoms with Gasteiger partial charge in [0.05, 0.1) is 12.7 Å². The molecule has 3 heteroatoms. The number of hydrogen-bond acceptors (Lipinski definition) is 3. The van der Waals surface area contributed by atoms with Crippen molar-refractivity contribution in [2.24, 2.45) is 0 Å². The van der Waals surface area contributed by atoms with Crippen molar-refractivity contribution in [3.05, 3.63) is 35.1 Å². The van der Waals surface area contributed by atoms with Crippen LogP contribution in [0.3, 0.4) is 0 Å². The minimum absolute atomic E-state index is 0.0441. The second-order valence-electron chi connectivity index (χ2n) is 4.97.